The second-order valence-corrected chi connectivity index (χ2v) is 9.36. The van der Waals surface area contributed by atoms with Gasteiger partial charge in [0.05, 0.1) is 12.7 Å². The van der Waals surface area contributed by atoms with E-state index in [2.05, 4.69) is 43.3 Å². The first-order valence-corrected chi connectivity index (χ1v) is 13.6. The van der Waals surface area contributed by atoms with Crippen LogP contribution >= 0.6 is 0 Å². The molecule has 0 saturated carbocycles. The Morgan fingerprint density at radius 1 is 0.694 bits per heavy atom. The summed E-state index contributed by atoms with van der Waals surface area (Å²) < 4.78 is 5.05. The number of unbranched alkanes of at least 4 members (excludes halogenated alkanes) is 12. The third kappa shape index (κ3) is 13.9. The lowest BCUT2D eigenvalue weighted by Gasteiger charge is -2.20. The van der Waals surface area contributed by atoms with Gasteiger partial charge >= 0.3 is 12.1 Å². The maximum Gasteiger partial charge on any atom is 0.503 e. The molecular weight excluding hydrogens is 452 g/mol. The van der Waals surface area contributed by atoms with Crippen LogP contribution in [0.25, 0.3) is 0 Å². The fraction of sp³-hybridized carbons (Fsp3) is 0.548. The van der Waals surface area contributed by atoms with Crippen LogP contribution in [0.4, 0.5) is 4.79 Å². The third-order valence-corrected chi connectivity index (χ3v) is 6.54. The SMILES string of the molecule is CCCCCCCCCCCCCCCC(c1ccccc1)c1ccccc1C(=O)OC.O=C(O)O. The number of hydrogen-bond donors (Lipinski definition) is 2. The van der Waals surface area contributed by atoms with Gasteiger partial charge in [0.2, 0.25) is 0 Å². The number of carbonyl (C=O) groups is 2. The first kappa shape index (κ1) is 31.2. The van der Waals surface area contributed by atoms with Crippen LogP contribution < -0.4 is 0 Å². The quantitative estimate of drug-likeness (QED) is 0.168. The Bertz CT molecular complexity index is 830. The highest BCUT2D eigenvalue weighted by molar-refractivity contribution is 5.91. The zero-order chi connectivity index (χ0) is 26.4. The molecule has 0 radical (unpaired) electrons. The molecule has 5 nitrogen and oxygen atoms in total. The summed E-state index contributed by atoms with van der Waals surface area (Å²) in [4.78, 5) is 20.9. The molecule has 1 atom stereocenters. The topological polar surface area (TPSA) is 83.8 Å². The van der Waals surface area contributed by atoms with Gasteiger partial charge in [-0.15, -0.1) is 0 Å². The van der Waals surface area contributed by atoms with Crippen LogP contribution in [0.2, 0.25) is 0 Å². The van der Waals surface area contributed by atoms with Gasteiger partial charge in [-0.3, -0.25) is 0 Å². The molecule has 2 rings (SSSR count). The van der Waals surface area contributed by atoms with Crippen molar-refractivity contribution in [2.45, 2.75) is 103 Å². The second-order valence-electron chi connectivity index (χ2n) is 9.36. The maximum absolute atomic E-state index is 12.3. The number of ether oxygens (including phenoxy) is 1. The fourth-order valence-electron chi connectivity index (χ4n) is 4.65. The van der Waals surface area contributed by atoms with E-state index in [1.807, 2.05) is 18.2 Å². The van der Waals surface area contributed by atoms with E-state index in [1.54, 1.807) is 0 Å². The molecule has 0 bridgehead atoms. The van der Waals surface area contributed by atoms with Gasteiger partial charge in [0.1, 0.15) is 0 Å². The Balaban J connectivity index is 0.00000150. The second kappa shape index (κ2) is 20.4. The minimum atomic E-state index is -1.83. The zero-order valence-electron chi connectivity index (χ0n) is 22.3. The Morgan fingerprint density at radius 3 is 1.64 bits per heavy atom. The molecule has 36 heavy (non-hydrogen) atoms. The molecule has 0 amide bonds. The van der Waals surface area contributed by atoms with E-state index in [9.17, 15) is 4.79 Å². The van der Waals surface area contributed by atoms with Crippen LogP contribution in [0.3, 0.4) is 0 Å². The van der Waals surface area contributed by atoms with Gasteiger partial charge in [-0.1, -0.05) is 139 Å². The normalized spacial score (nSPS) is 11.3. The van der Waals surface area contributed by atoms with Gasteiger partial charge in [-0.05, 0) is 23.6 Å². The third-order valence-electron chi connectivity index (χ3n) is 6.54. The Hall–Kier alpha value is -2.82. The summed E-state index contributed by atoms with van der Waals surface area (Å²) >= 11 is 0. The number of methoxy groups -OCH3 is 1. The maximum atomic E-state index is 12.3. The molecule has 0 heterocycles. The molecule has 0 aliphatic heterocycles. The van der Waals surface area contributed by atoms with Crippen LogP contribution in [0.5, 0.6) is 0 Å². The minimum absolute atomic E-state index is 0.235. The molecule has 0 saturated heterocycles. The summed E-state index contributed by atoms with van der Waals surface area (Å²) in [6.45, 7) is 2.28. The van der Waals surface area contributed by atoms with Crippen molar-refractivity contribution >= 4 is 12.1 Å². The number of hydrogen-bond acceptors (Lipinski definition) is 3. The first-order chi connectivity index (χ1) is 17.5. The molecule has 0 spiro atoms. The molecular formula is C31H46O5. The van der Waals surface area contributed by atoms with Crippen LogP contribution in [-0.2, 0) is 4.74 Å². The lowest BCUT2D eigenvalue weighted by molar-refractivity contribution is 0.0599. The smallest absolute Gasteiger partial charge is 0.465 e. The van der Waals surface area contributed by atoms with E-state index in [-0.39, 0.29) is 11.9 Å². The summed E-state index contributed by atoms with van der Waals surface area (Å²) in [6, 6.07) is 18.5. The Labute approximate surface area is 217 Å². The monoisotopic (exact) mass is 498 g/mol. The van der Waals surface area contributed by atoms with Crippen molar-refractivity contribution < 1.29 is 24.5 Å². The van der Waals surface area contributed by atoms with Crippen molar-refractivity contribution in [1.29, 1.82) is 0 Å². The van der Waals surface area contributed by atoms with Gasteiger partial charge in [0, 0.05) is 5.92 Å². The molecule has 5 heteroatoms. The molecule has 2 N–H and O–H groups in total. The Morgan fingerprint density at radius 2 is 1.14 bits per heavy atom. The molecule has 0 fully saturated rings. The zero-order valence-corrected chi connectivity index (χ0v) is 22.3. The molecule has 1 unspecified atom stereocenters. The summed E-state index contributed by atoms with van der Waals surface area (Å²) in [5.74, 6) is -0.00824. The van der Waals surface area contributed by atoms with Crippen LogP contribution in [0.15, 0.2) is 54.6 Å². The average Bonchev–Trinajstić information content (AvgIpc) is 2.89. The number of benzene rings is 2. The molecule has 0 aliphatic rings. The largest absolute Gasteiger partial charge is 0.503 e. The molecule has 200 valence electrons. The van der Waals surface area contributed by atoms with Gasteiger partial charge in [-0.2, -0.15) is 0 Å². The fourth-order valence-corrected chi connectivity index (χ4v) is 4.65. The summed E-state index contributed by atoms with van der Waals surface area (Å²) in [6.07, 6.45) is 17.0. The Kier molecular flexibility index (Phi) is 17.7. The van der Waals surface area contributed by atoms with E-state index in [1.165, 1.54) is 96.1 Å². The standard InChI is InChI=1S/C30H44O2.CH2O3/c1-3-4-5-6-7-8-9-10-11-12-13-14-18-23-27(26-21-16-15-17-22-26)28-24-19-20-25-29(28)30(31)32-2;2-1(3)4/h15-17,19-22,24-25,27H,3-14,18,23H2,1-2H3;(H2,2,3,4). The van der Waals surface area contributed by atoms with Crippen LogP contribution in [0.1, 0.15) is 124 Å². The van der Waals surface area contributed by atoms with E-state index in [0.717, 1.165) is 12.0 Å². The predicted octanol–water partition coefficient (Wildman–Crippen LogP) is 9.31. The van der Waals surface area contributed by atoms with Crippen molar-refractivity contribution in [3.8, 4) is 0 Å². The highest BCUT2D eigenvalue weighted by Crippen LogP contribution is 2.32. The highest BCUT2D eigenvalue weighted by Gasteiger charge is 2.20. The summed E-state index contributed by atoms with van der Waals surface area (Å²) in [5, 5.41) is 13.9. The minimum Gasteiger partial charge on any atom is -0.465 e. The molecule has 0 aromatic heterocycles. The van der Waals surface area contributed by atoms with Gasteiger partial charge in [0.15, 0.2) is 0 Å². The average molecular weight is 499 g/mol. The van der Waals surface area contributed by atoms with Gasteiger partial charge < -0.3 is 14.9 Å². The van der Waals surface area contributed by atoms with Crippen LogP contribution in [0, 0.1) is 0 Å². The number of carbonyl (C=O) groups excluding carboxylic acids is 1. The summed E-state index contributed by atoms with van der Waals surface area (Å²) in [5.41, 5.74) is 3.06. The number of esters is 1. The van der Waals surface area contributed by atoms with Crippen molar-refractivity contribution in [3.63, 3.8) is 0 Å². The molecule has 2 aromatic rings. The summed E-state index contributed by atoms with van der Waals surface area (Å²) in [7, 11) is 1.46. The first-order valence-electron chi connectivity index (χ1n) is 13.6. The van der Waals surface area contributed by atoms with E-state index < -0.39 is 6.16 Å². The molecule has 2 aromatic carbocycles. The van der Waals surface area contributed by atoms with E-state index in [0.29, 0.717) is 5.56 Å². The lowest BCUT2D eigenvalue weighted by atomic mass is 9.84. The van der Waals surface area contributed by atoms with Crippen molar-refractivity contribution in [2.75, 3.05) is 7.11 Å². The highest BCUT2D eigenvalue weighted by atomic mass is 16.6. The number of carboxylic acid groups (broad SMARTS) is 2. The van der Waals surface area contributed by atoms with Gasteiger partial charge in [0.25, 0.3) is 0 Å². The van der Waals surface area contributed by atoms with E-state index in [4.69, 9.17) is 19.7 Å². The van der Waals surface area contributed by atoms with Crippen molar-refractivity contribution in [2.24, 2.45) is 0 Å². The lowest BCUT2D eigenvalue weighted by Crippen LogP contribution is -2.10. The van der Waals surface area contributed by atoms with Crippen LogP contribution in [-0.4, -0.2) is 29.4 Å². The van der Waals surface area contributed by atoms with Crippen molar-refractivity contribution in [3.05, 3.63) is 71.3 Å². The molecule has 0 aliphatic carbocycles. The number of rotatable bonds is 17. The predicted molar refractivity (Wildman–Crippen MR) is 147 cm³/mol. The van der Waals surface area contributed by atoms with Crippen molar-refractivity contribution in [1.82, 2.24) is 0 Å². The van der Waals surface area contributed by atoms with E-state index >= 15 is 0 Å². The van der Waals surface area contributed by atoms with Gasteiger partial charge in [-0.25, -0.2) is 9.59 Å².